The molecule has 0 spiro atoms. The Hall–Kier alpha value is -2.00. The van der Waals surface area contributed by atoms with E-state index in [1.807, 2.05) is 34.9 Å². The molecule has 0 saturated heterocycles. The minimum atomic E-state index is 1.05. The first-order valence-corrected chi connectivity index (χ1v) is 9.26. The maximum absolute atomic E-state index is 4.29. The van der Waals surface area contributed by atoms with Crippen molar-refractivity contribution in [1.29, 1.82) is 0 Å². The molecule has 0 saturated carbocycles. The van der Waals surface area contributed by atoms with E-state index >= 15 is 0 Å². The van der Waals surface area contributed by atoms with E-state index in [0.29, 0.717) is 0 Å². The number of benzene rings is 2. The van der Waals surface area contributed by atoms with E-state index in [0.717, 1.165) is 30.0 Å². The van der Waals surface area contributed by atoms with Gasteiger partial charge in [-0.1, -0.05) is 43.3 Å². The lowest BCUT2D eigenvalue weighted by atomic mass is 10.0. The molecule has 1 aromatic heterocycles. The SMILES string of the molecule is CCc1ccccc1CCSCc1cccc(-n2cccn2)c1. The number of hydrogen-bond acceptors (Lipinski definition) is 2. The fourth-order valence-electron chi connectivity index (χ4n) is 2.73. The van der Waals surface area contributed by atoms with Crippen LogP contribution in [-0.4, -0.2) is 15.5 Å². The van der Waals surface area contributed by atoms with Gasteiger partial charge in [0.1, 0.15) is 0 Å². The summed E-state index contributed by atoms with van der Waals surface area (Å²) in [6, 6.07) is 19.4. The van der Waals surface area contributed by atoms with Crippen LogP contribution in [0.25, 0.3) is 5.69 Å². The smallest absolute Gasteiger partial charge is 0.0648 e. The Balaban J connectivity index is 1.54. The molecule has 0 aliphatic carbocycles. The van der Waals surface area contributed by atoms with Gasteiger partial charge < -0.3 is 0 Å². The predicted molar refractivity (Wildman–Crippen MR) is 99.3 cm³/mol. The lowest BCUT2D eigenvalue weighted by Crippen LogP contribution is -1.96. The Morgan fingerprint density at radius 3 is 2.65 bits per heavy atom. The van der Waals surface area contributed by atoms with E-state index in [-0.39, 0.29) is 0 Å². The fourth-order valence-corrected chi connectivity index (χ4v) is 3.65. The van der Waals surface area contributed by atoms with E-state index in [2.05, 4.69) is 60.6 Å². The standard InChI is InChI=1S/C20H22N2S/c1-2-18-8-3-4-9-19(18)11-14-23-16-17-7-5-10-20(15-17)22-13-6-12-21-22/h3-10,12-13,15H,2,11,14,16H2,1H3. The van der Waals surface area contributed by atoms with Crippen LogP contribution in [0.4, 0.5) is 0 Å². The van der Waals surface area contributed by atoms with Crippen molar-refractivity contribution in [2.75, 3.05) is 5.75 Å². The van der Waals surface area contributed by atoms with Crippen molar-refractivity contribution in [3.63, 3.8) is 0 Å². The molecule has 0 aliphatic heterocycles. The zero-order valence-corrected chi connectivity index (χ0v) is 14.3. The van der Waals surface area contributed by atoms with Crippen LogP contribution in [0.2, 0.25) is 0 Å². The molecule has 0 amide bonds. The summed E-state index contributed by atoms with van der Waals surface area (Å²) < 4.78 is 1.91. The lowest BCUT2D eigenvalue weighted by Gasteiger charge is -2.08. The van der Waals surface area contributed by atoms with Gasteiger partial charge in [0.2, 0.25) is 0 Å². The third-order valence-electron chi connectivity index (χ3n) is 3.96. The third kappa shape index (κ3) is 4.26. The molecule has 2 aromatic carbocycles. The highest BCUT2D eigenvalue weighted by molar-refractivity contribution is 7.98. The van der Waals surface area contributed by atoms with Crippen LogP contribution in [-0.2, 0) is 18.6 Å². The molecule has 0 bridgehead atoms. The minimum Gasteiger partial charge on any atom is -0.241 e. The number of nitrogens with zero attached hydrogens (tertiary/aromatic N) is 2. The number of rotatable bonds is 7. The van der Waals surface area contributed by atoms with Gasteiger partial charge in [0.15, 0.2) is 0 Å². The zero-order chi connectivity index (χ0) is 15.9. The summed E-state index contributed by atoms with van der Waals surface area (Å²) in [5.41, 5.74) is 5.46. The highest BCUT2D eigenvalue weighted by atomic mass is 32.2. The van der Waals surface area contributed by atoms with Gasteiger partial charge in [-0.2, -0.15) is 16.9 Å². The Kier molecular flexibility index (Phi) is 5.54. The Morgan fingerprint density at radius 2 is 1.87 bits per heavy atom. The minimum absolute atomic E-state index is 1.05. The van der Waals surface area contributed by atoms with Gasteiger partial charge in [0.05, 0.1) is 5.69 Å². The molecule has 0 N–H and O–H groups in total. The van der Waals surface area contributed by atoms with Gasteiger partial charge in [0, 0.05) is 18.1 Å². The molecular formula is C20H22N2S. The van der Waals surface area contributed by atoms with Crippen molar-refractivity contribution in [3.05, 3.63) is 83.7 Å². The van der Waals surface area contributed by atoms with E-state index in [1.54, 1.807) is 0 Å². The van der Waals surface area contributed by atoms with Gasteiger partial charge in [-0.05, 0) is 53.5 Å². The highest BCUT2D eigenvalue weighted by Crippen LogP contribution is 2.18. The fraction of sp³-hybridized carbons (Fsp3) is 0.250. The van der Waals surface area contributed by atoms with E-state index in [4.69, 9.17) is 0 Å². The van der Waals surface area contributed by atoms with E-state index in [1.165, 1.54) is 16.7 Å². The molecule has 0 aliphatic rings. The van der Waals surface area contributed by atoms with Crippen molar-refractivity contribution in [1.82, 2.24) is 9.78 Å². The number of aryl methyl sites for hydroxylation is 2. The first-order valence-electron chi connectivity index (χ1n) is 8.10. The van der Waals surface area contributed by atoms with Gasteiger partial charge in [0.25, 0.3) is 0 Å². The summed E-state index contributed by atoms with van der Waals surface area (Å²) in [7, 11) is 0. The number of aromatic nitrogens is 2. The summed E-state index contributed by atoms with van der Waals surface area (Å²) in [6.45, 7) is 2.23. The van der Waals surface area contributed by atoms with Crippen LogP contribution in [0.5, 0.6) is 0 Å². The first kappa shape index (κ1) is 15.9. The monoisotopic (exact) mass is 322 g/mol. The van der Waals surface area contributed by atoms with Gasteiger partial charge in [-0.3, -0.25) is 0 Å². The molecule has 0 fully saturated rings. The zero-order valence-electron chi connectivity index (χ0n) is 13.5. The molecule has 1 heterocycles. The summed E-state index contributed by atoms with van der Waals surface area (Å²) >= 11 is 2.00. The van der Waals surface area contributed by atoms with E-state index in [9.17, 15) is 0 Å². The van der Waals surface area contributed by atoms with Crippen LogP contribution in [0.3, 0.4) is 0 Å². The van der Waals surface area contributed by atoms with Crippen molar-refractivity contribution in [2.45, 2.75) is 25.5 Å². The van der Waals surface area contributed by atoms with Gasteiger partial charge in [-0.25, -0.2) is 4.68 Å². The molecule has 0 radical (unpaired) electrons. The van der Waals surface area contributed by atoms with Gasteiger partial charge >= 0.3 is 0 Å². The van der Waals surface area contributed by atoms with Crippen LogP contribution in [0.1, 0.15) is 23.6 Å². The highest BCUT2D eigenvalue weighted by Gasteiger charge is 2.02. The van der Waals surface area contributed by atoms with Crippen LogP contribution in [0, 0.1) is 0 Å². The molecular weight excluding hydrogens is 300 g/mol. The molecule has 3 rings (SSSR count). The van der Waals surface area contributed by atoms with Gasteiger partial charge in [-0.15, -0.1) is 0 Å². The molecule has 3 heteroatoms. The average Bonchev–Trinajstić information content (AvgIpc) is 3.14. The normalized spacial score (nSPS) is 10.8. The first-order chi connectivity index (χ1) is 11.4. The Labute approximate surface area is 142 Å². The summed E-state index contributed by atoms with van der Waals surface area (Å²) in [5, 5.41) is 4.29. The Morgan fingerprint density at radius 1 is 1.00 bits per heavy atom. The summed E-state index contributed by atoms with van der Waals surface area (Å²) in [6.07, 6.45) is 6.06. The molecule has 2 nitrogen and oxygen atoms in total. The van der Waals surface area contributed by atoms with Crippen molar-refractivity contribution in [3.8, 4) is 5.69 Å². The number of hydrogen-bond donors (Lipinski definition) is 0. The number of thioether (sulfide) groups is 1. The van der Waals surface area contributed by atoms with E-state index < -0.39 is 0 Å². The topological polar surface area (TPSA) is 17.8 Å². The van der Waals surface area contributed by atoms with Crippen LogP contribution < -0.4 is 0 Å². The second kappa shape index (κ2) is 8.02. The van der Waals surface area contributed by atoms with Crippen molar-refractivity contribution < 1.29 is 0 Å². The van der Waals surface area contributed by atoms with Crippen molar-refractivity contribution in [2.24, 2.45) is 0 Å². The summed E-state index contributed by atoms with van der Waals surface area (Å²) in [4.78, 5) is 0. The summed E-state index contributed by atoms with van der Waals surface area (Å²) in [5.74, 6) is 2.20. The largest absolute Gasteiger partial charge is 0.241 e. The lowest BCUT2D eigenvalue weighted by molar-refractivity contribution is 0.879. The molecule has 0 atom stereocenters. The third-order valence-corrected chi connectivity index (χ3v) is 4.99. The average molecular weight is 322 g/mol. The van der Waals surface area contributed by atoms with Crippen LogP contribution >= 0.6 is 11.8 Å². The van der Waals surface area contributed by atoms with Crippen molar-refractivity contribution >= 4 is 11.8 Å². The quantitative estimate of drug-likeness (QED) is 0.575. The molecule has 3 aromatic rings. The maximum atomic E-state index is 4.29. The molecule has 23 heavy (non-hydrogen) atoms. The predicted octanol–water partition coefficient (Wildman–Crippen LogP) is 4.91. The maximum Gasteiger partial charge on any atom is 0.0648 e. The second-order valence-corrected chi connectivity index (χ2v) is 6.65. The molecule has 0 unspecified atom stereocenters. The Bertz CT molecular complexity index is 735. The molecule has 118 valence electrons. The van der Waals surface area contributed by atoms with Crippen LogP contribution in [0.15, 0.2) is 67.0 Å². The second-order valence-electron chi connectivity index (χ2n) is 5.55.